The van der Waals surface area contributed by atoms with Crippen molar-refractivity contribution in [3.8, 4) is 0 Å². The molecular weight excluding hydrogens is 226 g/mol. The van der Waals surface area contributed by atoms with E-state index in [1.807, 2.05) is 13.8 Å². The largest absolute Gasteiger partial charge is 0.272 e. The predicted molar refractivity (Wildman–Crippen MR) is 73.1 cm³/mol. The summed E-state index contributed by atoms with van der Waals surface area (Å²) >= 11 is 0. The van der Waals surface area contributed by atoms with E-state index in [-0.39, 0.29) is 17.9 Å². The van der Waals surface area contributed by atoms with E-state index in [4.69, 9.17) is 0 Å². The van der Waals surface area contributed by atoms with E-state index in [0.717, 1.165) is 32.1 Å². The second-order valence-electron chi connectivity index (χ2n) is 4.96. The molecule has 3 nitrogen and oxygen atoms in total. The van der Waals surface area contributed by atoms with Gasteiger partial charge in [0, 0.05) is 17.7 Å². The normalized spacial score (nSPS) is 15.8. The molecule has 0 N–H and O–H groups in total. The second kappa shape index (κ2) is 7.34. The monoisotopic (exact) mass is 251 g/mol. The third kappa shape index (κ3) is 3.44. The van der Waals surface area contributed by atoms with Gasteiger partial charge in [-0.2, -0.15) is 0 Å². The summed E-state index contributed by atoms with van der Waals surface area (Å²) in [4.78, 5) is 25.5. The molecule has 18 heavy (non-hydrogen) atoms. The number of carbonyl (C=O) groups is 2. The van der Waals surface area contributed by atoms with Crippen LogP contribution in [0.2, 0.25) is 0 Å². The van der Waals surface area contributed by atoms with E-state index in [9.17, 15) is 9.59 Å². The first-order valence-corrected chi connectivity index (χ1v) is 7.23. The molecule has 3 heteroatoms. The van der Waals surface area contributed by atoms with Crippen molar-refractivity contribution in [2.75, 3.05) is 0 Å². The van der Waals surface area contributed by atoms with Gasteiger partial charge in [0.15, 0.2) is 0 Å². The molecule has 1 heterocycles. The van der Waals surface area contributed by atoms with Gasteiger partial charge in [0.2, 0.25) is 0 Å². The summed E-state index contributed by atoms with van der Waals surface area (Å²) in [5, 5.41) is 0. The topological polar surface area (TPSA) is 37.4 Å². The van der Waals surface area contributed by atoms with Crippen LogP contribution < -0.4 is 0 Å². The lowest BCUT2D eigenvalue weighted by Gasteiger charge is -2.24. The Bertz CT molecular complexity index is 329. The second-order valence-corrected chi connectivity index (χ2v) is 4.96. The van der Waals surface area contributed by atoms with Gasteiger partial charge in [0.1, 0.15) is 0 Å². The van der Waals surface area contributed by atoms with Gasteiger partial charge in [-0.3, -0.25) is 14.5 Å². The van der Waals surface area contributed by atoms with Crippen LogP contribution in [0.5, 0.6) is 0 Å². The molecule has 0 aromatic carbocycles. The van der Waals surface area contributed by atoms with Gasteiger partial charge >= 0.3 is 0 Å². The minimum Gasteiger partial charge on any atom is -0.272 e. The van der Waals surface area contributed by atoms with Gasteiger partial charge in [-0.15, -0.1) is 0 Å². The average molecular weight is 251 g/mol. The van der Waals surface area contributed by atoms with Crippen molar-refractivity contribution in [2.45, 2.75) is 71.8 Å². The van der Waals surface area contributed by atoms with Crippen molar-refractivity contribution in [3.63, 3.8) is 0 Å². The summed E-state index contributed by atoms with van der Waals surface area (Å²) in [5.74, 6) is -0.163. The number of hydrogen-bond acceptors (Lipinski definition) is 2. The lowest BCUT2D eigenvalue weighted by molar-refractivity contribution is -0.140. The van der Waals surface area contributed by atoms with Crippen molar-refractivity contribution in [1.82, 2.24) is 4.90 Å². The highest BCUT2D eigenvalue weighted by atomic mass is 16.2. The number of amides is 2. The standard InChI is InChI=1S/C15H25NO2/c1-4-7-8-9-10-12-11-14(17)16(15(12)18)13(5-2)6-3/h11,13H,4-10H2,1-3H3. The summed E-state index contributed by atoms with van der Waals surface area (Å²) < 4.78 is 0. The highest BCUT2D eigenvalue weighted by Gasteiger charge is 2.34. The molecule has 0 aromatic rings. The Morgan fingerprint density at radius 3 is 2.28 bits per heavy atom. The molecule has 102 valence electrons. The molecule has 1 rings (SSSR count). The number of rotatable bonds is 8. The number of imide groups is 1. The first-order valence-electron chi connectivity index (χ1n) is 7.23. The molecule has 0 unspecified atom stereocenters. The molecule has 0 fully saturated rings. The maximum Gasteiger partial charge on any atom is 0.257 e. The summed E-state index contributed by atoms with van der Waals surface area (Å²) in [7, 11) is 0. The van der Waals surface area contributed by atoms with Crippen molar-refractivity contribution < 1.29 is 9.59 Å². The van der Waals surface area contributed by atoms with E-state index in [0.29, 0.717) is 5.57 Å². The van der Waals surface area contributed by atoms with Gasteiger partial charge in [0.25, 0.3) is 11.8 Å². The fraction of sp³-hybridized carbons (Fsp3) is 0.733. The molecule has 0 bridgehead atoms. The number of unbranched alkanes of at least 4 members (excludes halogenated alkanes) is 3. The van der Waals surface area contributed by atoms with Crippen molar-refractivity contribution in [1.29, 1.82) is 0 Å². The highest BCUT2D eigenvalue weighted by Crippen LogP contribution is 2.23. The van der Waals surface area contributed by atoms with E-state index >= 15 is 0 Å². The summed E-state index contributed by atoms with van der Waals surface area (Å²) in [6.07, 6.45) is 8.51. The quantitative estimate of drug-likeness (QED) is 0.489. The van der Waals surface area contributed by atoms with Gasteiger partial charge in [-0.05, 0) is 25.7 Å². The fourth-order valence-electron chi connectivity index (χ4n) is 2.46. The van der Waals surface area contributed by atoms with E-state index in [2.05, 4.69) is 6.92 Å². The third-order valence-electron chi connectivity index (χ3n) is 3.64. The predicted octanol–water partition coefficient (Wildman–Crippen LogP) is 3.44. The Balaban J connectivity index is 2.55. The van der Waals surface area contributed by atoms with Gasteiger partial charge in [-0.1, -0.05) is 40.0 Å². The van der Waals surface area contributed by atoms with Crippen LogP contribution in [0, 0.1) is 0 Å². The SMILES string of the molecule is CCCCCCC1=CC(=O)N(C(CC)CC)C1=O. The minimum atomic E-state index is -0.112. The fourth-order valence-corrected chi connectivity index (χ4v) is 2.46. The van der Waals surface area contributed by atoms with Crippen LogP contribution in [-0.4, -0.2) is 22.8 Å². The molecule has 0 atom stereocenters. The van der Waals surface area contributed by atoms with Crippen molar-refractivity contribution in [3.05, 3.63) is 11.6 Å². The molecule has 0 saturated heterocycles. The lowest BCUT2D eigenvalue weighted by atomic mass is 10.1. The summed E-state index contributed by atoms with van der Waals surface area (Å²) in [6.45, 7) is 6.21. The molecule has 1 aliphatic heterocycles. The van der Waals surface area contributed by atoms with Crippen molar-refractivity contribution >= 4 is 11.8 Å². The molecule has 0 spiro atoms. The molecule has 1 aliphatic rings. The number of hydrogen-bond donors (Lipinski definition) is 0. The van der Waals surface area contributed by atoms with Crippen molar-refractivity contribution in [2.24, 2.45) is 0 Å². The zero-order valence-electron chi connectivity index (χ0n) is 11.9. The van der Waals surface area contributed by atoms with Gasteiger partial charge in [0.05, 0.1) is 0 Å². The Labute approximate surface area is 110 Å². The Morgan fingerprint density at radius 1 is 1.06 bits per heavy atom. The van der Waals surface area contributed by atoms with Crippen LogP contribution in [0.15, 0.2) is 11.6 Å². The summed E-state index contributed by atoms with van der Waals surface area (Å²) in [6, 6.07) is 0.0643. The Hall–Kier alpha value is -1.12. The molecule has 0 radical (unpaired) electrons. The zero-order chi connectivity index (χ0) is 13.5. The van der Waals surface area contributed by atoms with Crippen LogP contribution in [0.4, 0.5) is 0 Å². The number of nitrogens with zero attached hydrogens (tertiary/aromatic N) is 1. The van der Waals surface area contributed by atoms with Crippen LogP contribution in [0.25, 0.3) is 0 Å². The van der Waals surface area contributed by atoms with Crippen LogP contribution in [0.1, 0.15) is 65.7 Å². The first kappa shape index (κ1) is 14.9. The lowest BCUT2D eigenvalue weighted by Crippen LogP contribution is -2.40. The van der Waals surface area contributed by atoms with Crippen LogP contribution in [0.3, 0.4) is 0 Å². The van der Waals surface area contributed by atoms with Crippen LogP contribution >= 0.6 is 0 Å². The van der Waals surface area contributed by atoms with Gasteiger partial charge in [-0.25, -0.2) is 0 Å². The molecule has 0 saturated carbocycles. The molecule has 0 aliphatic carbocycles. The maximum atomic E-state index is 12.2. The molecular formula is C15H25NO2. The van der Waals surface area contributed by atoms with Crippen LogP contribution in [-0.2, 0) is 9.59 Å². The highest BCUT2D eigenvalue weighted by molar-refractivity contribution is 6.16. The van der Waals surface area contributed by atoms with E-state index in [1.54, 1.807) is 6.08 Å². The van der Waals surface area contributed by atoms with E-state index in [1.165, 1.54) is 17.7 Å². The summed E-state index contributed by atoms with van der Waals surface area (Å²) in [5.41, 5.74) is 0.711. The smallest absolute Gasteiger partial charge is 0.257 e. The van der Waals surface area contributed by atoms with E-state index < -0.39 is 0 Å². The average Bonchev–Trinajstić information content (AvgIpc) is 2.64. The third-order valence-corrected chi connectivity index (χ3v) is 3.64. The molecule has 2 amide bonds. The Morgan fingerprint density at radius 2 is 1.72 bits per heavy atom. The Kier molecular flexibility index (Phi) is 6.10. The molecule has 0 aromatic heterocycles. The van der Waals surface area contributed by atoms with Gasteiger partial charge < -0.3 is 0 Å². The number of carbonyl (C=O) groups excluding carboxylic acids is 2. The maximum absolute atomic E-state index is 12.2. The first-order chi connectivity index (χ1) is 8.65. The zero-order valence-corrected chi connectivity index (χ0v) is 11.9. The minimum absolute atomic E-state index is 0.0507.